The molecular formula is C11H18N2OS. The lowest BCUT2D eigenvalue weighted by molar-refractivity contribution is 0.253. The molecule has 84 valence electrons. The third kappa shape index (κ3) is 2.98. The molecule has 0 aromatic carbocycles. The van der Waals surface area contributed by atoms with Crippen LogP contribution in [0.25, 0.3) is 0 Å². The number of hydrogen-bond donors (Lipinski definition) is 0. The third-order valence-electron chi connectivity index (χ3n) is 2.56. The van der Waals surface area contributed by atoms with E-state index in [0.29, 0.717) is 0 Å². The van der Waals surface area contributed by atoms with E-state index >= 15 is 0 Å². The van der Waals surface area contributed by atoms with E-state index in [2.05, 4.69) is 35.7 Å². The minimum Gasteiger partial charge on any atom is -0.361 e. The van der Waals surface area contributed by atoms with Crippen molar-refractivity contribution in [2.24, 2.45) is 0 Å². The molecule has 3 nitrogen and oxygen atoms in total. The van der Waals surface area contributed by atoms with Gasteiger partial charge >= 0.3 is 0 Å². The van der Waals surface area contributed by atoms with Gasteiger partial charge in [0.15, 0.2) is 0 Å². The normalized spacial score (nSPS) is 28.2. The number of hydrogen-bond acceptors (Lipinski definition) is 4. The molecule has 1 fully saturated rings. The molecule has 0 radical (unpaired) electrons. The second-order valence-corrected chi connectivity index (χ2v) is 6.26. The lowest BCUT2D eigenvalue weighted by Crippen LogP contribution is -2.39. The zero-order valence-corrected chi connectivity index (χ0v) is 10.4. The molecule has 0 aliphatic carbocycles. The van der Waals surface area contributed by atoms with Crippen molar-refractivity contribution in [3.05, 3.63) is 17.5 Å². The average Bonchev–Trinajstić information content (AvgIpc) is 2.49. The van der Waals surface area contributed by atoms with Crippen LogP contribution in [-0.2, 0) is 6.54 Å². The second-order valence-electron chi connectivity index (χ2n) is 4.38. The van der Waals surface area contributed by atoms with E-state index in [9.17, 15) is 0 Å². The Bertz CT molecular complexity index is 316. The minimum atomic E-state index is 0.724. The van der Waals surface area contributed by atoms with Crippen LogP contribution in [-0.4, -0.2) is 33.6 Å². The SMILES string of the molecule is Cc1cc(CN2CC(C)SC(C)C2)no1. The quantitative estimate of drug-likeness (QED) is 0.774. The molecule has 1 aromatic rings. The van der Waals surface area contributed by atoms with Crippen molar-refractivity contribution in [2.45, 2.75) is 37.8 Å². The average molecular weight is 226 g/mol. The fraction of sp³-hybridized carbons (Fsp3) is 0.727. The standard InChI is InChI=1S/C11H18N2OS/c1-8-4-11(12-14-8)7-13-5-9(2)15-10(3)6-13/h4,9-10H,5-7H2,1-3H3. The molecule has 0 amide bonds. The zero-order chi connectivity index (χ0) is 10.8. The molecule has 2 heterocycles. The van der Waals surface area contributed by atoms with Gasteiger partial charge in [-0.1, -0.05) is 19.0 Å². The maximum absolute atomic E-state index is 5.08. The first-order valence-electron chi connectivity index (χ1n) is 5.43. The lowest BCUT2D eigenvalue weighted by Gasteiger charge is -2.33. The molecule has 1 aromatic heterocycles. The van der Waals surface area contributed by atoms with Crippen LogP contribution in [0.15, 0.2) is 10.6 Å². The maximum atomic E-state index is 5.08. The molecule has 0 spiro atoms. The Morgan fingerprint density at radius 2 is 2.13 bits per heavy atom. The molecule has 0 N–H and O–H groups in total. The van der Waals surface area contributed by atoms with Crippen LogP contribution in [0, 0.1) is 6.92 Å². The number of nitrogens with zero attached hydrogens (tertiary/aromatic N) is 2. The summed E-state index contributed by atoms with van der Waals surface area (Å²) in [5, 5.41) is 5.48. The van der Waals surface area contributed by atoms with E-state index in [0.717, 1.165) is 41.6 Å². The van der Waals surface area contributed by atoms with Crippen molar-refractivity contribution >= 4 is 11.8 Å². The van der Waals surface area contributed by atoms with Gasteiger partial charge in [-0.05, 0) is 6.92 Å². The van der Waals surface area contributed by atoms with Crippen molar-refractivity contribution in [3.8, 4) is 0 Å². The van der Waals surface area contributed by atoms with Gasteiger partial charge in [0.05, 0.1) is 5.69 Å². The highest BCUT2D eigenvalue weighted by Crippen LogP contribution is 2.25. The Morgan fingerprint density at radius 1 is 1.47 bits per heavy atom. The van der Waals surface area contributed by atoms with Crippen molar-refractivity contribution in [1.82, 2.24) is 10.1 Å². The number of thioether (sulfide) groups is 1. The molecular weight excluding hydrogens is 208 g/mol. The van der Waals surface area contributed by atoms with Gasteiger partial charge in [0.1, 0.15) is 5.76 Å². The number of aryl methyl sites for hydroxylation is 1. The van der Waals surface area contributed by atoms with Crippen LogP contribution >= 0.6 is 11.8 Å². The van der Waals surface area contributed by atoms with Gasteiger partial charge in [-0.2, -0.15) is 11.8 Å². The number of aromatic nitrogens is 1. The van der Waals surface area contributed by atoms with Crippen LogP contribution in [0.4, 0.5) is 0 Å². The summed E-state index contributed by atoms with van der Waals surface area (Å²) in [5.74, 6) is 0.900. The largest absolute Gasteiger partial charge is 0.361 e. The summed E-state index contributed by atoms with van der Waals surface area (Å²) in [6.45, 7) is 9.75. The summed E-state index contributed by atoms with van der Waals surface area (Å²) in [4.78, 5) is 2.46. The topological polar surface area (TPSA) is 29.3 Å². The fourth-order valence-corrected chi connectivity index (χ4v) is 3.52. The fourth-order valence-electron chi connectivity index (χ4n) is 2.14. The number of rotatable bonds is 2. The molecule has 2 rings (SSSR count). The molecule has 0 bridgehead atoms. The Kier molecular flexibility index (Phi) is 3.36. The van der Waals surface area contributed by atoms with E-state index in [1.54, 1.807) is 0 Å². The molecule has 1 aliphatic rings. The Labute approximate surface area is 95.2 Å². The van der Waals surface area contributed by atoms with Gasteiger partial charge in [0.2, 0.25) is 0 Å². The summed E-state index contributed by atoms with van der Waals surface area (Å²) in [6.07, 6.45) is 0. The predicted octanol–water partition coefficient (Wildman–Crippen LogP) is 2.31. The van der Waals surface area contributed by atoms with E-state index in [4.69, 9.17) is 4.52 Å². The molecule has 2 atom stereocenters. The van der Waals surface area contributed by atoms with E-state index in [1.807, 2.05) is 13.0 Å². The van der Waals surface area contributed by atoms with Crippen LogP contribution in [0.5, 0.6) is 0 Å². The van der Waals surface area contributed by atoms with Gasteiger partial charge in [-0.15, -0.1) is 0 Å². The first-order valence-corrected chi connectivity index (χ1v) is 6.38. The summed E-state index contributed by atoms with van der Waals surface area (Å²) >= 11 is 2.08. The van der Waals surface area contributed by atoms with E-state index in [1.165, 1.54) is 0 Å². The first-order chi connectivity index (χ1) is 7.13. The van der Waals surface area contributed by atoms with Gasteiger partial charge < -0.3 is 4.52 Å². The summed E-state index contributed by atoms with van der Waals surface area (Å²) in [6, 6.07) is 2.02. The Morgan fingerprint density at radius 3 is 2.67 bits per heavy atom. The van der Waals surface area contributed by atoms with Gasteiger partial charge in [0.25, 0.3) is 0 Å². The molecule has 0 saturated carbocycles. The van der Waals surface area contributed by atoms with E-state index in [-0.39, 0.29) is 0 Å². The van der Waals surface area contributed by atoms with Crippen LogP contribution in [0.2, 0.25) is 0 Å². The Hall–Kier alpha value is -0.480. The van der Waals surface area contributed by atoms with Gasteiger partial charge in [-0.3, -0.25) is 4.90 Å². The first kappa shape index (κ1) is 11.0. The highest BCUT2D eigenvalue weighted by atomic mass is 32.2. The van der Waals surface area contributed by atoms with Gasteiger partial charge in [-0.25, -0.2) is 0 Å². The van der Waals surface area contributed by atoms with Crippen LogP contribution in [0.3, 0.4) is 0 Å². The van der Waals surface area contributed by atoms with Crippen molar-refractivity contribution in [2.75, 3.05) is 13.1 Å². The molecule has 15 heavy (non-hydrogen) atoms. The van der Waals surface area contributed by atoms with Crippen molar-refractivity contribution < 1.29 is 4.52 Å². The summed E-state index contributed by atoms with van der Waals surface area (Å²) in [5.41, 5.74) is 1.05. The maximum Gasteiger partial charge on any atom is 0.133 e. The highest BCUT2D eigenvalue weighted by molar-refractivity contribution is 8.00. The molecule has 1 saturated heterocycles. The van der Waals surface area contributed by atoms with Crippen molar-refractivity contribution in [3.63, 3.8) is 0 Å². The highest BCUT2D eigenvalue weighted by Gasteiger charge is 2.22. The molecule has 4 heteroatoms. The summed E-state index contributed by atoms with van der Waals surface area (Å²) < 4.78 is 5.08. The van der Waals surface area contributed by atoms with Crippen LogP contribution in [0.1, 0.15) is 25.3 Å². The van der Waals surface area contributed by atoms with Crippen molar-refractivity contribution in [1.29, 1.82) is 0 Å². The van der Waals surface area contributed by atoms with Crippen LogP contribution < -0.4 is 0 Å². The second kappa shape index (κ2) is 4.58. The monoisotopic (exact) mass is 226 g/mol. The Balaban J connectivity index is 1.94. The zero-order valence-electron chi connectivity index (χ0n) is 9.56. The lowest BCUT2D eigenvalue weighted by atomic mass is 10.3. The predicted molar refractivity (Wildman–Crippen MR) is 63.0 cm³/mol. The minimum absolute atomic E-state index is 0.724. The third-order valence-corrected chi connectivity index (χ3v) is 3.78. The van der Waals surface area contributed by atoms with E-state index < -0.39 is 0 Å². The summed E-state index contributed by atoms with van der Waals surface area (Å²) in [7, 11) is 0. The van der Waals surface area contributed by atoms with Gasteiger partial charge in [0, 0.05) is 36.2 Å². The molecule has 2 unspecified atom stereocenters. The molecule has 1 aliphatic heterocycles. The smallest absolute Gasteiger partial charge is 0.133 e.